The molecule has 0 aromatic heterocycles. The molecule has 0 aromatic carbocycles. The molecule has 12 heavy (non-hydrogen) atoms. The third-order valence-corrected chi connectivity index (χ3v) is 1.34. The maximum absolute atomic E-state index is 12.6. The summed E-state index contributed by atoms with van der Waals surface area (Å²) in [6.07, 6.45) is 2.32. The number of rotatable bonds is 3. The molecule has 0 saturated carbocycles. The van der Waals surface area contributed by atoms with Crippen LogP contribution in [0.5, 0.6) is 0 Å². The van der Waals surface area contributed by atoms with Gasteiger partial charge in [-0.25, -0.2) is 4.39 Å². The fourth-order valence-electron chi connectivity index (χ4n) is 0.695. The van der Waals surface area contributed by atoms with Crippen LogP contribution in [0.3, 0.4) is 0 Å². The van der Waals surface area contributed by atoms with E-state index in [-0.39, 0.29) is 17.1 Å². The van der Waals surface area contributed by atoms with Crippen molar-refractivity contribution in [1.82, 2.24) is 0 Å². The van der Waals surface area contributed by atoms with Gasteiger partial charge >= 0.3 is 0 Å². The van der Waals surface area contributed by atoms with Crippen LogP contribution in [-0.4, -0.2) is 11.5 Å². The molecule has 3 heteroatoms. The molecular weight excluding hydrogens is 157 g/mol. The number of nitrogens with one attached hydrogen (secondary N) is 1. The minimum absolute atomic E-state index is 0.0829. The van der Waals surface area contributed by atoms with Crippen molar-refractivity contribution in [3.05, 3.63) is 23.6 Å². The Hall–Kier alpha value is -1.25. The molecule has 0 unspecified atom stereocenters. The molecule has 0 atom stereocenters. The van der Waals surface area contributed by atoms with E-state index in [4.69, 9.17) is 5.41 Å². The molecule has 66 valence electrons. The lowest BCUT2D eigenvalue weighted by atomic mass is 10.1. The van der Waals surface area contributed by atoms with Gasteiger partial charge in [-0.3, -0.25) is 4.79 Å². The van der Waals surface area contributed by atoms with Crippen LogP contribution in [0.1, 0.15) is 20.8 Å². The molecule has 0 aliphatic heterocycles. The summed E-state index contributed by atoms with van der Waals surface area (Å²) in [4.78, 5) is 10.8. The minimum atomic E-state index is -0.494. The van der Waals surface area contributed by atoms with E-state index in [1.165, 1.54) is 26.8 Å². The third-order valence-electron chi connectivity index (χ3n) is 1.34. The monoisotopic (exact) mass is 169 g/mol. The van der Waals surface area contributed by atoms with Crippen LogP contribution < -0.4 is 0 Å². The van der Waals surface area contributed by atoms with Gasteiger partial charge in [0.25, 0.3) is 0 Å². The van der Waals surface area contributed by atoms with E-state index in [0.717, 1.165) is 6.08 Å². The quantitative estimate of drug-likeness (QED) is 0.393. The predicted molar refractivity (Wildman–Crippen MR) is 47.0 cm³/mol. The Morgan fingerprint density at radius 3 is 2.17 bits per heavy atom. The maximum atomic E-state index is 12.6. The number of hydrogen-bond donors (Lipinski definition) is 1. The van der Waals surface area contributed by atoms with Gasteiger partial charge in [0, 0.05) is 11.3 Å². The normalized spacial score (nSPS) is 13.0. The number of Topliss-reactive ketones (excluding diaryl/α,β-unsaturated/α-hetero) is 1. The van der Waals surface area contributed by atoms with Crippen molar-refractivity contribution in [2.75, 3.05) is 0 Å². The van der Waals surface area contributed by atoms with Gasteiger partial charge in [0.2, 0.25) is 0 Å². The maximum Gasteiger partial charge on any atom is 0.161 e. The molecule has 0 bridgehead atoms. The van der Waals surface area contributed by atoms with Gasteiger partial charge in [-0.15, -0.1) is 0 Å². The Bertz CT molecular complexity index is 248. The standard InChI is InChI=1S/C9H12FNO/c1-4-8(10)5-9(6(2)11)7(3)12/h4-5,11H,1-3H3/b8-4+,9-5+,11-6?. The van der Waals surface area contributed by atoms with Gasteiger partial charge in [-0.05, 0) is 26.8 Å². The smallest absolute Gasteiger partial charge is 0.161 e. The molecule has 0 heterocycles. The highest BCUT2D eigenvalue weighted by Gasteiger charge is 2.06. The summed E-state index contributed by atoms with van der Waals surface area (Å²) in [5, 5.41) is 7.17. The topological polar surface area (TPSA) is 40.9 Å². The fraction of sp³-hybridized carbons (Fsp3) is 0.333. The molecule has 1 N–H and O–H groups in total. The lowest BCUT2D eigenvalue weighted by Gasteiger charge is -1.98. The summed E-state index contributed by atoms with van der Waals surface area (Å²) in [7, 11) is 0. The van der Waals surface area contributed by atoms with Crippen LogP contribution in [0.2, 0.25) is 0 Å². The molecule has 0 spiro atoms. The minimum Gasteiger partial charge on any atom is -0.305 e. The van der Waals surface area contributed by atoms with Crippen LogP contribution in [0, 0.1) is 5.41 Å². The van der Waals surface area contributed by atoms with E-state index in [1.807, 2.05) is 0 Å². The lowest BCUT2D eigenvalue weighted by Crippen LogP contribution is -2.05. The first-order valence-electron chi connectivity index (χ1n) is 3.59. The van der Waals surface area contributed by atoms with Gasteiger partial charge in [0.15, 0.2) is 5.78 Å². The first-order valence-corrected chi connectivity index (χ1v) is 3.59. The van der Waals surface area contributed by atoms with E-state index < -0.39 is 5.83 Å². The summed E-state index contributed by atoms with van der Waals surface area (Å²) in [6.45, 7) is 4.30. The molecule has 0 saturated heterocycles. The van der Waals surface area contributed by atoms with Gasteiger partial charge < -0.3 is 5.41 Å². The van der Waals surface area contributed by atoms with E-state index in [0.29, 0.717) is 0 Å². The molecular formula is C9H12FNO. The highest BCUT2D eigenvalue weighted by atomic mass is 19.1. The summed E-state index contributed by atoms with van der Waals surface area (Å²) in [5.74, 6) is -0.786. The average molecular weight is 169 g/mol. The van der Waals surface area contributed by atoms with Crippen LogP contribution in [0.4, 0.5) is 4.39 Å². The highest BCUT2D eigenvalue weighted by molar-refractivity contribution is 6.19. The van der Waals surface area contributed by atoms with E-state index >= 15 is 0 Å². The van der Waals surface area contributed by atoms with Gasteiger partial charge in [-0.2, -0.15) is 0 Å². The zero-order chi connectivity index (χ0) is 9.72. The SMILES string of the molecule is C/C=C(F)\C=C(/C(C)=N)C(C)=O. The largest absolute Gasteiger partial charge is 0.305 e. The highest BCUT2D eigenvalue weighted by Crippen LogP contribution is 2.06. The summed E-state index contributed by atoms with van der Waals surface area (Å²) >= 11 is 0. The van der Waals surface area contributed by atoms with Crippen molar-refractivity contribution in [2.24, 2.45) is 0 Å². The average Bonchev–Trinajstić information content (AvgIpc) is 1.98. The van der Waals surface area contributed by atoms with Gasteiger partial charge in [0.05, 0.1) is 0 Å². The molecule has 0 rings (SSSR count). The molecule has 0 fully saturated rings. The second kappa shape index (κ2) is 4.59. The van der Waals surface area contributed by atoms with Crippen LogP contribution >= 0.6 is 0 Å². The summed E-state index contributed by atoms with van der Waals surface area (Å²) < 4.78 is 12.6. The Morgan fingerprint density at radius 2 is 1.92 bits per heavy atom. The number of halogens is 1. The Morgan fingerprint density at radius 1 is 1.42 bits per heavy atom. The molecule has 0 radical (unpaired) electrons. The molecule has 2 nitrogen and oxygen atoms in total. The van der Waals surface area contributed by atoms with Gasteiger partial charge in [0.1, 0.15) is 5.83 Å². The van der Waals surface area contributed by atoms with Crippen molar-refractivity contribution < 1.29 is 9.18 Å². The number of carbonyl (C=O) groups is 1. The fourth-order valence-corrected chi connectivity index (χ4v) is 0.695. The van der Waals surface area contributed by atoms with Crippen molar-refractivity contribution >= 4 is 11.5 Å². The summed E-state index contributed by atoms with van der Waals surface area (Å²) in [5.41, 5.74) is 0.199. The lowest BCUT2D eigenvalue weighted by molar-refractivity contribution is -0.113. The first kappa shape index (κ1) is 10.8. The van der Waals surface area contributed by atoms with Crippen molar-refractivity contribution in [3.63, 3.8) is 0 Å². The van der Waals surface area contributed by atoms with Crippen molar-refractivity contribution in [2.45, 2.75) is 20.8 Å². The van der Waals surface area contributed by atoms with Gasteiger partial charge in [-0.1, -0.05) is 6.08 Å². The second-order valence-electron chi connectivity index (χ2n) is 2.41. The number of ketones is 1. The van der Waals surface area contributed by atoms with Crippen LogP contribution in [0.15, 0.2) is 23.6 Å². The van der Waals surface area contributed by atoms with E-state index in [9.17, 15) is 9.18 Å². The first-order chi connectivity index (χ1) is 5.49. The molecule has 0 amide bonds. The van der Waals surface area contributed by atoms with Crippen molar-refractivity contribution in [1.29, 1.82) is 5.41 Å². The van der Waals surface area contributed by atoms with Crippen molar-refractivity contribution in [3.8, 4) is 0 Å². The van der Waals surface area contributed by atoms with Crippen LogP contribution in [-0.2, 0) is 4.79 Å². The predicted octanol–water partition coefficient (Wildman–Crippen LogP) is 2.41. The van der Waals surface area contributed by atoms with E-state index in [1.54, 1.807) is 0 Å². The second-order valence-corrected chi connectivity index (χ2v) is 2.41. The van der Waals surface area contributed by atoms with Crippen LogP contribution in [0.25, 0.3) is 0 Å². The Kier molecular flexibility index (Phi) is 4.11. The third kappa shape index (κ3) is 3.23. The molecule has 0 aliphatic carbocycles. The molecule has 0 aliphatic rings. The zero-order valence-corrected chi connectivity index (χ0v) is 7.44. The van der Waals surface area contributed by atoms with E-state index in [2.05, 4.69) is 0 Å². The zero-order valence-electron chi connectivity index (χ0n) is 7.44. The summed E-state index contributed by atoms with van der Waals surface area (Å²) in [6, 6.07) is 0. The number of allylic oxidation sites excluding steroid dienone is 4. The Balaban J connectivity index is 4.87. The number of hydrogen-bond acceptors (Lipinski definition) is 2. The molecule has 0 aromatic rings. The number of carbonyl (C=O) groups excluding carboxylic acids is 1. The Labute approximate surface area is 71.3 Å².